The van der Waals surface area contributed by atoms with E-state index >= 15 is 0 Å². The summed E-state index contributed by atoms with van der Waals surface area (Å²) in [5.41, 5.74) is 4.05. The van der Waals surface area contributed by atoms with Crippen LogP contribution in [0.4, 0.5) is 16.3 Å². The molecule has 0 radical (unpaired) electrons. The normalized spacial score (nSPS) is 11.5. The molecule has 0 saturated heterocycles. The van der Waals surface area contributed by atoms with E-state index < -0.39 is 11.7 Å². The molecule has 0 fully saturated rings. The Labute approximate surface area is 196 Å². The number of aromatic amines is 1. The second-order valence-electron chi connectivity index (χ2n) is 8.90. The van der Waals surface area contributed by atoms with E-state index in [1.165, 1.54) is 4.68 Å². The minimum Gasteiger partial charge on any atom is -0.442 e. The summed E-state index contributed by atoms with van der Waals surface area (Å²) in [5, 5.41) is 8.60. The van der Waals surface area contributed by atoms with Gasteiger partial charge < -0.3 is 15.0 Å². The van der Waals surface area contributed by atoms with E-state index in [2.05, 4.69) is 25.4 Å². The quantitative estimate of drug-likeness (QED) is 0.346. The lowest BCUT2D eigenvalue weighted by molar-refractivity contribution is 0.0514. The second-order valence-corrected chi connectivity index (χ2v) is 8.90. The summed E-state index contributed by atoms with van der Waals surface area (Å²) in [6.45, 7) is 5.46. The van der Waals surface area contributed by atoms with Gasteiger partial charge in [0.05, 0.1) is 6.20 Å². The number of fused-ring (bicyclic) bond motifs is 1. The number of rotatable bonds is 4. The second kappa shape index (κ2) is 8.47. The van der Waals surface area contributed by atoms with Crippen molar-refractivity contribution in [3.8, 4) is 22.5 Å². The van der Waals surface area contributed by atoms with E-state index in [1.54, 1.807) is 18.6 Å². The number of aromatic nitrogens is 5. The molecule has 170 valence electrons. The molecular weight excluding hydrogens is 428 g/mol. The number of carbonyl (C=O) groups is 1. The number of H-pyrrole nitrogens is 1. The number of ether oxygens (including phenoxy) is 1. The minimum absolute atomic E-state index is 0.507. The summed E-state index contributed by atoms with van der Waals surface area (Å²) in [6, 6.07) is 17.8. The molecule has 0 unspecified atom stereocenters. The maximum absolute atomic E-state index is 12.2. The van der Waals surface area contributed by atoms with Gasteiger partial charge in [-0.2, -0.15) is 9.78 Å². The van der Waals surface area contributed by atoms with Gasteiger partial charge in [0.1, 0.15) is 11.4 Å². The highest BCUT2D eigenvalue weighted by atomic mass is 16.6. The van der Waals surface area contributed by atoms with Gasteiger partial charge in [-0.05, 0) is 62.1 Å². The monoisotopic (exact) mass is 452 g/mol. The summed E-state index contributed by atoms with van der Waals surface area (Å²) in [5.74, 6) is 1.34. The van der Waals surface area contributed by atoms with Crippen molar-refractivity contribution in [3.63, 3.8) is 0 Å². The molecule has 8 heteroatoms. The van der Waals surface area contributed by atoms with Gasteiger partial charge >= 0.3 is 6.09 Å². The van der Waals surface area contributed by atoms with Crippen molar-refractivity contribution < 1.29 is 9.53 Å². The average molecular weight is 453 g/mol. The van der Waals surface area contributed by atoms with Crippen molar-refractivity contribution in [1.82, 2.24) is 24.7 Å². The first-order valence-electron chi connectivity index (χ1n) is 10.9. The zero-order chi connectivity index (χ0) is 23.7. The van der Waals surface area contributed by atoms with Crippen LogP contribution in [0, 0.1) is 0 Å². The molecular formula is C26H24N6O2. The first kappa shape index (κ1) is 21.4. The Morgan fingerprint density at radius 1 is 1.00 bits per heavy atom. The van der Waals surface area contributed by atoms with Gasteiger partial charge in [-0.15, -0.1) is 0 Å². The summed E-state index contributed by atoms with van der Waals surface area (Å²) >= 11 is 0. The SMILES string of the molecule is CC(C)(C)OC(=O)n1cc(-c2ccc(Nc3ccnc(-c4ccc5cc[nH]c5c4)n3)cc2)cn1. The Balaban J connectivity index is 1.30. The molecule has 5 aromatic rings. The number of anilines is 2. The molecule has 0 amide bonds. The van der Waals surface area contributed by atoms with Crippen molar-refractivity contribution >= 4 is 28.5 Å². The lowest BCUT2D eigenvalue weighted by Crippen LogP contribution is -2.27. The van der Waals surface area contributed by atoms with Crippen molar-refractivity contribution in [1.29, 1.82) is 0 Å². The van der Waals surface area contributed by atoms with Crippen LogP contribution >= 0.6 is 0 Å². The zero-order valence-corrected chi connectivity index (χ0v) is 19.1. The smallest absolute Gasteiger partial charge is 0.435 e. The van der Waals surface area contributed by atoms with Crippen LogP contribution in [-0.2, 0) is 4.74 Å². The molecule has 2 aromatic carbocycles. The molecule has 0 spiro atoms. The lowest BCUT2D eigenvalue weighted by Gasteiger charge is -2.18. The largest absolute Gasteiger partial charge is 0.442 e. The molecule has 0 atom stereocenters. The van der Waals surface area contributed by atoms with Crippen LogP contribution in [0.2, 0.25) is 0 Å². The number of benzene rings is 2. The molecule has 0 aliphatic carbocycles. The first-order valence-corrected chi connectivity index (χ1v) is 10.9. The van der Waals surface area contributed by atoms with Crippen molar-refractivity contribution in [3.05, 3.63) is 79.4 Å². The van der Waals surface area contributed by atoms with E-state index in [4.69, 9.17) is 4.74 Å². The molecule has 0 saturated carbocycles. The number of nitrogens with one attached hydrogen (secondary N) is 2. The Morgan fingerprint density at radius 3 is 2.59 bits per heavy atom. The van der Waals surface area contributed by atoms with E-state index in [9.17, 15) is 4.79 Å². The molecule has 5 rings (SSSR count). The molecule has 8 nitrogen and oxygen atoms in total. The van der Waals surface area contributed by atoms with Crippen LogP contribution in [0.5, 0.6) is 0 Å². The van der Waals surface area contributed by atoms with Gasteiger partial charge in [-0.1, -0.05) is 24.3 Å². The van der Waals surface area contributed by atoms with Gasteiger partial charge in [0.25, 0.3) is 0 Å². The molecule has 0 aliphatic heterocycles. The molecule has 2 N–H and O–H groups in total. The maximum Gasteiger partial charge on any atom is 0.435 e. The molecule has 3 aromatic heterocycles. The average Bonchev–Trinajstić information content (AvgIpc) is 3.48. The van der Waals surface area contributed by atoms with Gasteiger partial charge in [0.15, 0.2) is 5.82 Å². The van der Waals surface area contributed by atoms with Crippen LogP contribution in [-0.4, -0.2) is 36.4 Å². The summed E-state index contributed by atoms with van der Waals surface area (Å²) in [4.78, 5) is 24.5. The third kappa shape index (κ3) is 4.66. The number of hydrogen-bond donors (Lipinski definition) is 2. The van der Waals surface area contributed by atoms with Gasteiger partial charge in [-0.25, -0.2) is 14.8 Å². The maximum atomic E-state index is 12.2. The number of hydrogen-bond acceptors (Lipinski definition) is 6. The van der Waals surface area contributed by atoms with Crippen molar-refractivity contribution in [2.45, 2.75) is 26.4 Å². The van der Waals surface area contributed by atoms with Gasteiger partial charge in [0.2, 0.25) is 0 Å². The van der Waals surface area contributed by atoms with Crippen LogP contribution < -0.4 is 5.32 Å². The molecule has 0 aliphatic rings. The topological polar surface area (TPSA) is 97.7 Å². The minimum atomic E-state index is -0.577. The summed E-state index contributed by atoms with van der Waals surface area (Å²) < 4.78 is 6.56. The van der Waals surface area contributed by atoms with Crippen molar-refractivity contribution in [2.75, 3.05) is 5.32 Å². The zero-order valence-electron chi connectivity index (χ0n) is 19.1. The van der Waals surface area contributed by atoms with Gasteiger partial charge in [-0.3, -0.25) is 0 Å². The summed E-state index contributed by atoms with van der Waals surface area (Å²) in [7, 11) is 0. The van der Waals surface area contributed by atoms with Gasteiger partial charge in [0, 0.05) is 40.9 Å². The van der Waals surface area contributed by atoms with E-state index in [0.717, 1.165) is 33.3 Å². The highest BCUT2D eigenvalue weighted by Crippen LogP contribution is 2.25. The predicted octanol–water partition coefficient (Wildman–Crippen LogP) is 6.02. The third-order valence-corrected chi connectivity index (χ3v) is 5.12. The van der Waals surface area contributed by atoms with E-state index in [-0.39, 0.29) is 0 Å². The molecule has 0 bridgehead atoms. The Hall–Kier alpha value is -4.46. The predicted molar refractivity (Wildman–Crippen MR) is 132 cm³/mol. The highest BCUT2D eigenvalue weighted by molar-refractivity contribution is 5.83. The van der Waals surface area contributed by atoms with E-state index in [1.807, 2.05) is 81.6 Å². The van der Waals surface area contributed by atoms with Crippen LogP contribution in [0.15, 0.2) is 79.4 Å². The Morgan fingerprint density at radius 2 is 1.79 bits per heavy atom. The van der Waals surface area contributed by atoms with Crippen LogP contribution in [0.3, 0.4) is 0 Å². The fourth-order valence-electron chi connectivity index (χ4n) is 3.53. The third-order valence-electron chi connectivity index (χ3n) is 5.12. The first-order chi connectivity index (χ1) is 16.3. The van der Waals surface area contributed by atoms with Crippen LogP contribution in [0.25, 0.3) is 33.4 Å². The fourth-order valence-corrected chi connectivity index (χ4v) is 3.53. The van der Waals surface area contributed by atoms with E-state index in [0.29, 0.717) is 11.6 Å². The Kier molecular flexibility index (Phi) is 5.33. The lowest BCUT2D eigenvalue weighted by atomic mass is 10.1. The standard InChI is InChI=1S/C26H24N6O2/c1-26(2,3)34-25(33)32-16-20(15-29-32)17-6-8-21(9-7-17)30-23-11-13-28-24(31-23)19-5-4-18-10-12-27-22(18)14-19/h4-16,27H,1-3H3,(H,28,30,31). The summed E-state index contributed by atoms with van der Waals surface area (Å²) in [6.07, 6.45) is 6.45. The molecule has 3 heterocycles. The highest BCUT2D eigenvalue weighted by Gasteiger charge is 2.18. The Bertz CT molecular complexity index is 1460. The fraction of sp³-hybridized carbons (Fsp3) is 0.154. The number of nitrogens with zero attached hydrogens (tertiary/aromatic N) is 4. The molecule has 34 heavy (non-hydrogen) atoms. The van der Waals surface area contributed by atoms with Crippen molar-refractivity contribution in [2.24, 2.45) is 0 Å². The van der Waals surface area contributed by atoms with Crippen LogP contribution in [0.1, 0.15) is 20.8 Å². The number of carbonyl (C=O) groups excluding carboxylic acids is 1.